The van der Waals surface area contributed by atoms with E-state index in [2.05, 4.69) is 22.5 Å². The number of benzene rings is 2. The van der Waals surface area contributed by atoms with Gasteiger partial charge in [0.1, 0.15) is 6.04 Å². The van der Waals surface area contributed by atoms with E-state index in [0.717, 1.165) is 33.3 Å². The fourth-order valence-electron chi connectivity index (χ4n) is 3.55. The fraction of sp³-hybridized carbons (Fsp3) is 0.261. The zero-order valence-corrected chi connectivity index (χ0v) is 17.3. The Morgan fingerprint density at radius 2 is 1.86 bits per heavy atom. The second-order valence-corrected chi connectivity index (χ2v) is 8.25. The summed E-state index contributed by atoms with van der Waals surface area (Å²) in [5, 5.41) is 8.97. The normalized spacial score (nSPS) is 12.3. The highest BCUT2D eigenvalue weighted by atomic mass is 32.1. The number of thiophene rings is 1. The molecule has 2 aromatic heterocycles. The Morgan fingerprint density at radius 1 is 1.14 bits per heavy atom. The lowest BCUT2D eigenvalue weighted by Gasteiger charge is -2.15. The standard InChI is InChI=1S/C23H23N3O2S/c1-15-21-20(18-12-6-7-13-19(18)29-21)23(28)26(25-15)16(2)22(27)24-14-8-11-17-9-4-3-5-10-17/h3-7,9-10,12-13,16H,8,11,14H2,1-2H3,(H,24,27). The Balaban J connectivity index is 1.52. The zero-order valence-electron chi connectivity index (χ0n) is 16.5. The molecule has 0 saturated carbocycles. The molecule has 1 N–H and O–H groups in total. The molecule has 29 heavy (non-hydrogen) atoms. The lowest BCUT2D eigenvalue weighted by molar-refractivity contribution is -0.124. The van der Waals surface area contributed by atoms with Crippen LogP contribution in [0.4, 0.5) is 0 Å². The minimum atomic E-state index is -0.666. The number of carbonyl (C=O) groups is 1. The van der Waals surface area contributed by atoms with Gasteiger partial charge in [0.2, 0.25) is 5.91 Å². The summed E-state index contributed by atoms with van der Waals surface area (Å²) in [6, 6.07) is 17.4. The number of rotatable bonds is 6. The number of nitrogens with one attached hydrogen (secondary N) is 1. The van der Waals surface area contributed by atoms with Crippen LogP contribution in [-0.2, 0) is 11.2 Å². The van der Waals surface area contributed by atoms with Gasteiger partial charge < -0.3 is 5.32 Å². The lowest BCUT2D eigenvalue weighted by atomic mass is 10.1. The second kappa shape index (κ2) is 8.17. The first-order chi connectivity index (χ1) is 14.1. The number of hydrogen-bond donors (Lipinski definition) is 1. The second-order valence-electron chi connectivity index (χ2n) is 7.19. The topological polar surface area (TPSA) is 64.0 Å². The van der Waals surface area contributed by atoms with Crippen LogP contribution in [0.15, 0.2) is 59.4 Å². The van der Waals surface area contributed by atoms with Crippen molar-refractivity contribution >= 4 is 37.4 Å². The van der Waals surface area contributed by atoms with Crippen molar-refractivity contribution in [3.63, 3.8) is 0 Å². The Labute approximate surface area is 173 Å². The highest BCUT2D eigenvalue weighted by Crippen LogP contribution is 2.32. The molecule has 0 fully saturated rings. The third-order valence-electron chi connectivity index (χ3n) is 5.13. The SMILES string of the molecule is Cc1nn(C(C)C(=O)NCCCc2ccccc2)c(=O)c2c1sc1ccccc12. The number of fused-ring (bicyclic) bond motifs is 3. The monoisotopic (exact) mass is 405 g/mol. The average molecular weight is 406 g/mol. The molecule has 0 radical (unpaired) electrons. The number of hydrogen-bond acceptors (Lipinski definition) is 4. The van der Waals surface area contributed by atoms with Crippen LogP contribution in [0.1, 0.15) is 30.6 Å². The molecule has 5 nitrogen and oxygen atoms in total. The predicted molar refractivity (Wildman–Crippen MR) is 119 cm³/mol. The van der Waals surface area contributed by atoms with Gasteiger partial charge in [-0.05, 0) is 38.3 Å². The largest absolute Gasteiger partial charge is 0.354 e. The van der Waals surface area contributed by atoms with E-state index >= 15 is 0 Å². The predicted octanol–water partition coefficient (Wildman–Crippen LogP) is 4.23. The first-order valence-electron chi connectivity index (χ1n) is 9.78. The maximum Gasteiger partial charge on any atom is 0.276 e. The van der Waals surface area contributed by atoms with Gasteiger partial charge >= 0.3 is 0 Å². The highest BCUT2D eigenvalue weighted by molar-refractivity contribution is 7.26. The van der Waals surface area contributed by atoms with Crippen LogP contribution in [0.5, 0.6) is 0 Å². The third-order valence-corrected chi connectivity index (χ3v) is 6.41. The van der Waals surface area contributed by atoms with Gasteiger partial charge in [-0.25, -0.2) is 4.68 Å². The fourth-order valence-corrected chi connectivity index (χ4v) is 4.68. The summed E-state index contributed by atoms with van der Waals surface area (Å²) in [5.74, 6) is -0.189. The molecule has 6 heteroatoms. The van der Waals surface area contributed by atoms with E-state index in [4.69, 9.17) is 0 Å². The van der Waals surface area contributed by atoms with Crippen molar-refractivity contribution < 1.29 is 4.79 Å². The molecule has 4 rings (SSSR count). The first-order valence-corrected chi connectivity index (χ1v) is 10.6. The molecule has 0 aliphatic carbocycles. The van der Waals surface area contributed by atoms with Crippen LogP contribution in [-0.4, -0.2) is 22.2 Å². The van der Waals surface area contributed by atoms with Crippen molar-refractivity contribution in [2.45, 2.75) is 32.7 Å². The van der Waals surface area contributed by atoms with Crippen molar-refractivity contribution in [1.82, 2.24) is 15.1 Å². The van der Waals surface area contributed by atoms with Gasteiger partial charge in [-0.15, -0.1) is 11.3 Å². The van der Waals surface area contributed by atoms with Crippen LogP contribution >= 0.6 is 11.3 Å². The van der Waals surface area contributed by atoms with Crippen molar-refractivity contribution in [1.29, 1.82) is 0 Å². The minimum absolute atomic E-state index is 0.189. The molecule has 0 bridgehead atoms. The maximum atomic E-state index is 13.1. The quantitative estimate of drug-likeness (QED) is 0.488. The van der Waals surface area contributed by atoms with Crippen LogP contribution in [0.3, 0.4) is 0 Å². The first kappa shape index (κ1) is 19.3. The van der Waals surface area contributed by atoms with Crippen molar-refractivity contribution in [3.05, 3.63) is 76.2 Å². The Morgan fingerprint density at radius 3 is 2.66 bits per heavy atom. The van der Waals surface area contributed by atoms with Gasteiger partial charge in [-0.2, -0.15) is 5.10 Å². The van der Waals surface area contributed by atoms with E-state index < -0.39 is 6.04 Å². The molecule has 2 aromatic carbocycles. The van der Waals surface area contributed by atoms with E-state index in [-0.39, 0.29) is 11.5 Å². The van der Waals surface area contributed by atoms with E-state index in [1.807, 2.05) is 49.4 Å². The van der Waals surface area contributed by atoms with Gasteiger partial charge in [0.05, 0.1) is 15.8 Å². The van der Waals surface area contributed by atoms with Crippen LogP contribution in [0.2, 0.25) is 0 Å². The Kier molecular flexibility index (Phi) is 5.45. The summed E-state index contributed by atoms with van der Waals surface area (Å²) in [7, 11) is 0. The molecule has 4 aromatic rings. The molecule has 0 spiro atoms. The number of carbonyl (C=O) groups excluding carboxylic acids is 1. The summed E-state index contributed by atoms with van der Waals surface area (Å²) in [5.41, 5.74) is 1.80. The average Bonchev–Trinajstić information content (AvgIpc) is 3.14. The van der Waals surface area contributed by atoms with E-state index in [1.165, 1.54) is 10.2 Å². The van der Waals surface area contributed by atoms with Crippen molar-refractivity contribution in [2.24, 2.45) is 0 Å². The Hall–Kier alpha value is -2.99. The summed E-state index contributed by atoms with van der Waals surface area (Å²) >= 11 is 1.57. The van der Waals surface area contributed by atoms with Gasteiger partial charge in [-0.3, -0.25) is 9.59 Å². The number of aryl methyl sites for hydroxylation is 2. The molecule has 0 saturated heterocycles. The number of amides is 1. The van der Waals surface area contributed by atoms with Crippen LogP contribution in [0.25, 0.3) is 20.2 Å². The van der Waals surface area contributed by atoms with Gasteiger partial charge in [-0.1, -0.05) is 48.5 Å². The molecule has 148 valence electrons. The minimum Gasteiger partial charge on any atom is -0.354 e. The number of nitrogens with zero attached hydrogens (tertiary/aromatic N) is 2. The summed E-state index contributed by atoms with van der Waals surface area (Å²) < 4.78 is 3.27. The van der Waals surface area contributed by atoms with E-state index in [9.17, 15) is 9.59 Å². The summed E-state index contributed by atoms with van der Waals surface area (Å²) in [4.78, 5) is 25.8. The van der Waals surface area contributed by atoms with Crippen LogP contribution in [0, 0.1) is 6.92 Å². The molecule has 1 unspecified atom stereocenters. The maximum absolute atomic E-state index is 13.1. The van der Waals surface area contributed by atoms with Gasteiger partial charge in [0, 0.05) is 16.6 Å². The molecular weight excluding hydrogens is 382 g/mol. The third kappa shape index (κ3) is 3.80. The van der Waals surface area contributed by atoms with E-state index in [1.54, 1.807) is 18.3 Å². The molecule has 1 amide bonds. The molecular formula is C23H23N3O2S. The van der Waals surface area contributed by atoms with Crippen LogP contribution < -0.4 is 10.9 Å². The highest BCUT2D eigenvalue weighted by Gasteiger charge is 2.21. The molecule has 0 aliphatic rings. The smallest absolute Gasteiger partial charge is 0.276 e. The van der Waals surface area contributed by atoms with Crippen molar-refractivity contribution in [3.8, 4) is 0 Å². The summed E-state index contributed by atoms with van der Waals surface area (Å²) in [6.45, 7) is 4.17. The van der Waals surface area contributed by atoms with E-state index in [0.29, 0.717) is 11.9 Å². The van der Waals surface area contributed by atoms with Crippen molar-refractivity contribution in [2.75, 3.05) is 6.54 Å². The zero-order chi connectivity index (χ0) is 20.4. The van der Waals surface area contributed by atoms with Gasteiger partial charge in [0.15, 0.2) is 0 Å². The lowest BCUT2D eigenvalue weighted by Crippen LogP contribution is -2.37. The van der Waals surface area contributed by atoms with Gasteiger partial charge in [0.25, 0.3) is 5.56 Å². The summed E-state index contributed by atoms with van der Waals surface area (Å²) in [6.07, 6.45) is 1.75. The molecule has 1 atom stereocenters. The molecule has 0 aliphatic heterocycles. The Bertz CT molecular complexity index is 1230. The number of aromatic nitrogens is 2. The molecule has 2 heterocycles.